The molecule has 0 radical (unpaired) electrons. The molecule has 0 spiro atoms. The Morgan fingerprint density at radius 1 is 1.46 bits per heavy atom. The van der Waals surface area contributed by atoms with Crippen molar-refractivity contribution in [2.75, 3.05) is 13.1 Å². The van der Waals surface area contributed by atoms with Crippen molar-refractivity contribution >= 4 is 6.03 Å². The molecule has 0 saturated carbocycles. The molecule has 13 heavy (non-hydrogen) atoms. The summed E-state index contributed by atoms with van der Waals surface area (Å²) in [4.78, 5) is 12.4. The molecule has 0 aromatic carbocycles. The van der Waals surface area contributed by atoms with E-state index in [1.165, 1.54) is 0 Å². The molecular weight excluding hydrogens is 168 g/mol. The van der Waals surface area contributed by atoms with Crippen LogP contribution in [-0.4, -0.2) is 34.7 Å². The van der Waals surface area contributed by atoms with E-state index in [4.69, 9.17) is 5.73 Å². The van der Waals surface area contributed by atoms with Crippen molar-refractivity contribution < 1.29 is 9.90 Å². The van der Waals surface area contributed by atoms with Crippen LogP contribution in [0, 0.1) is 5.92 Å². The number of hydrogen-bond acceptors (Lipinski definition) is 2. The number of rotatable bonds is 1. The van der Waals surface area contributed by atoms with Gasteiger partial charge in [-0.15, -0.1) is 0 Å². The topological polar surface area (TPSA) is 66.6 Å². The Balaban J connectivity index is 2.51. The maximum Gasteiger partial charge on any atom is 0.314 e. The number of carbonyl (C=O) groups is 1. The number of nitrogens with zero attached hydrogens (tertiary/aromatic N) is 1. The zero-order valence-corrected chi connectivity index (χ0v) is 8.29. The number of nitrogens with two attached hydrogens (primary N) is 1. The molecule has 0 atom stereocenters. The van der Waals surface area contributed by atoms with Crippen molar-refractivity contribution in [2.24, 2.45) is 11.7 Å². The summed E-state index contributed by atoms with van der Waals surface area (Å²) < 4.78 is 0. The Morgan fingerprint density at radius 3 is 2.23 bits per heavy atom. The van der Waals surface area contributed by atoms with E-state index < -0.39 is 5.60 Å². The van der Waals surface area contributed by atoms with E-state index in [9.17, 15) is 9.90 Å². The highest BCUT2D eigenvalue weighted by molar-refractivity contribution is 5.72. The molecule has 1 aliphatic rings. The summed E-state index contributed by atoms with van der Waals surface area (Å²) in [7, 11) is 0. The summed E-state index contributed by atoms with van der Waals surface area (Å²) in [5.74, 6) is 0.238. The fourth-order valence-corrected chi connectivity index (χ4v) is 1.69. The van der Waals surface area contributed by atoms with Gasteiger partial charge in [0.2, 0.25) is 0 Å². The summed E-state index contributed by atoms with van der Waals surface area (Å²) >= 11 is 0. The summed E-state index contributed by atoms with van der Waals surface area (Å²) in [5.41, 5.74) is 4.53. The molecule has 1 heterocycles. The van der Waals surface area contributed by atoms with Crippen LogP contribution in [0.15, 0.2) is 0 Å². The lowest BCUT2D eigenvalue weighted by molar-refractivity contribution is -0.0484. The molecule has 1 fully saturated rings. The second kappa shape index (κ2) is 3.54. The van der Waals surface area contributed by atoms with Crippen LogP contribution in [-0.2, 0) is 0 Å². The van der Waals surface area contributed by atoms with Crippen molar-refractivity contribution in [3.05, 3.63) is 0 Å². The molecule has 0 bridgehead atoms. The molecule has 4 heteroatoms. The molecule has 0 aromatic heterocycles. The Hall–Kier alpha value is -0.770. The molecule has 0 unspecified atom stereocenters. The second-order valence-electron chi connectivity index (χ2n) is 4.08. The fraction of sp³-hybridized carbons (Fsp3) is 0.889. The molecule has 76 valence electrons. The maximum absolute atomic E-state index is 10.8. The summed E-state index contributed by atoms with van der Waals surface area (Å²) in [6.07, 6.45) is 1.27. The van der Waals surface area contributed by atoms with Crippen molar-refractivity contribution in [3.8, 4) is 0 Å². The predicted octanol–water partition coefficient (Wildman–Crippen LogP) is 0.548. The first-order chi connectivity index (χ1) is 5.96. The number of primary amides is 1. The van der Waals surface area contributed by atoms with Gasteiger partial charge in [0.1, 0.15) is 0 Å². The third kappa shape index (κ3) is 2.12. The van der Waals surface area contributed by atoms with Gasteiger partial charge in [-0.2, -0.15) is 0 Å². The third-order valence-electron chi connectivity index (χ3n) is 3.02. The minimum absolute atomic E-state index is 0.238. The van der Waals surface area contributed by atoms with Gasteiger partial charge in [-0.05, 0) is 18.8 Å². The maximum atomic E-state index is 10.8. The van der Waals surface area contributed by atoms with Crippen molar-refractivity contribution in [3.63, 3.8) is 0 Å². The number of amides is 2. The third-order valence-corrected chi connectivity index (χ3v) is 3.02. The summed E-state index contributed by atoms with van der Waals surface area (Å²) in [6.45, 7) is 5.15. The number of carbonyl (C=O) groups excluding carboxylic acids is 1. The van der Waals surface area contributed by atoms with Gasteiger partial charge >= 0.3 is 6.03 Å². The monoisotopic (exact) mass is 186 g/mol. The Morgan fingerprint density at radius 2 is 1.92 bits per heavy atom. The standard InChI is InChI=1S/C9H18N2O2/c1-7(2)9(13)3-5-11(6-4-9)8(10)12/h7,13H,3-6H2,1-2H3,(H2,10,12). The van der Waals surface area contributed by atoms with Gasteiger partial charge in [0.25, 0.3) is 0 Å². The lowest BCUT2D eigenvalue weighted by Gasteiger charge is -2.40. The first-order valence-electron chi connectivity index (χ1n) is 4.72. The highest BCUT2D eigenvalue weighted by Gasteiger charge is 2.35. The van der Waals surface area contributed by atoms with Gasteiger partial charge in [-0.25, -0.2) is 4.79 Å². The smallest absolute Gasteiger partial charge is 0.314 e. The fourth-order valence-electron chi connectivity index (χ4n) is 1.69. The van der Waals surface area contributed by atoms with Crippen molar-refractivity contribution in [1.82, 2.24) is 4.90 Å². The van der Waals surface area contributed by atoms with E-state index in [2.05, 4.69) is 0 Å². The van der Waals surface area contributed by atoms with Crippen LogP contribution < -0.4 is 5.73 Å². The Bertz CT molecular complexity index is 196. The SMILES string of the molecule is CC(C)C1(O)CCN(C(N)=O)CC1. The molecule has 1 rings (SSSR count). The summed E-state index contributed by atoms with van der Waals surface area (Å²) in [5, 5.41) is 10.1. The minimum atomic E-state index is -0.605. The highest BCUT2D eigenvalue weighted by atomic mass is 16.3. The lowest BCUT2D eigenvalue weighted by atomic mass is 9.82. The van der Waals surface area contributed by atoms with Crippen LogP contribution in [0.3, 0.4) is 0 Å². The van der Waals surface area contributed by atoms with Gasteiger partial charge in [-0.3, -0.25) is 0 Å². The molecule has 0 aromatic rings. The zero-order chi connectivity index (χ0) is 10.1. The van der Waals surface area contributed by atoms with Crippen LogP contribution in [0.2, 0.25) is 0 Å². The van der Waals surface area contributed by atoms with Crippen LogP contribution in [0.1, 0.15) is 26.7 Å². The Kier molecular flexibility index (Phi) is 2.81. The van der Waals surface area contributed by atoms with Crippen LogP contribution >= 0.6 is 0 Å². The molecular formula is C9H18N2O2. The number of hydrogen-bond donors (Lipinski definition) is 2. The van der Waals surface area contributed by atoms with E-state index in [1.807, 2.05) is 13.8 Å². The molecule has 1 saturated heterocycles. The largest absolute Gasteiger partial charge is 0.389 e. The average molecular weight is 186 g/mol. The molecule has 1 aliphatic heterocycles. The quantitative estimate of drug-likeness (QED) is 0.628. The molecule has 4 nitrogen and oxygen atoms in total. The van der Waals surface area contributed by atoms with E-state index in [1.54, 1.807) is 4.90 Å². The van der Waals surface area contributed by atoms with Gasteiger partial charge in [0.15, 0.2) is 0 Å². The number of aliphatic hydroxyl groups is 1. The highest BCUT2D eigenvalue weighted by Crippen LogP contribution is 2.29. The van der Waals surface area contributed by atoms with E-state index in [0.717, 1.165) is 0 Å². The Labute approximate surface area is 78.7 Å². The minimum Gasteiger partial charge on any atom is -0.389 e. The molecule has 0 aliphatic carbocycles. The van der Waals surface area contributed by atoms with Crippen molar-refractivity contribution in [1.29, 1.82) is 0 Å². The normalized spacial score (nSPS) is 22.0. The molecule has 3 N–H and O–H groups in total. The van der Waals surface area contributed by atoms with Gasteiger partial charge in [-0.1, -0.05) is 13.8 Å². The number of piperidine rings is 1. The number of urea groups is 1. The average Bonchev–Trinajstić information content (AvgIpc) is 2.04. The van der Waals surface area contributed by atoms with Crippen molar-refractivity contribution in [2.45, 2.75) is 32.3 Å². The van der Waals surface area contributed by atoms with Crippen LogP contribution in [0.4, 0.5) is 4.79 Å². The predicted molar refractivity (Wildman–Crippen MR) is 50.2 cm³/mol. The van der Waals surface area contributed by atoms with E-state index in [-0.39, 0.29) is 11.9 Å². The first-order valence-corrected chi connectivity index (χ1v) is 4.72. The molecule has 2 amide bonds. The second-order valence-corrected chi connectivity index (χ2v) is 4.08. The zero-order valence-electron chi connectivity index (χ0n) is 8.29. The number of likely N-dealkylation sites (tertiary alicyclic amines) is 1. The van der Waals surface area contributed by atoms with Crippen LogP contribution in [0.25, 0.3) is 0 Å². The van der Waals surface area contributed by atoms with E-state index in [0.29, 0.717) is 25.9 Å². The van der Waals surface area contributed by atoms with E-state index >= 15 is 0 Å². The lowest BCUT2D eigenvalue weighted by Crippen LogP contribution is -2.50. The first kappa shape index (κ1) is 10.3. The van der Waals surface area contributed by atoms with Gasteiger partial charge in [0.05, 0.1) is 5.60 Å². The van der Waals surface area contributed by atoms with Gasteiger partial charge < -0.3 is 15.7 Å². The summed E-state index contributed by atoms with van der Waals surface area (Å²) in [6, 6.07) is -0.384. The van der Waals surface area contributed by atoms with Gasteiger partial charge in [0, 0.05) is 13.1 Å². The van der Waals surface area contributed by atoms with Crippen LogP contribution in [0.5, 0.6) is 0 Å².